The van der Waals surface area contributed by atoms with Crippen molar-refractivity contribution in [3.05, 3.63) is 62.5 Å². The summed E-state index contributed by atoms with van der Waals surface area (Å²) in [5.74, 6) is 5.71. The van der Waals surface area contributed by atoms with Gasteiger partial charge in [-0.1, -0.05) is 29.8 Å². The number of para-hydroxylation sites is 1. The molecule has 1 aromatic heterocycles. The molecule has 0 fully saturated rings. The van der Waals surface area contributed by atoms with E-state index < -0.39 is 0 Å². The third kappa shape index (κ3) is 3.27. The predicted molar refractivity (Wildman–Crippen MR) is 92.5 cm³/mol. The summed E-state index contributed by atoms with van der Waals surface area (Å²) in [4.78, 5) is 4.65. The first-order valence-corrected chi connectivity index (χ1v) is 8.41. The number of nitrogens with two attached hydrogens (primary N) is 1. The van der Waals surface area contributed by atoms with E-state index in [0.717, 1.165) is 27.0 Å². The Hall–Kier alpha value is -0.980. The summed E-state index contributed by atoms with van der Waals surface area (Å²) in [5, 5.41) is 1.73. The fourth-order valence-electron chi connectivity index (χ4n) is 2.18. The van der Waals surface area contributed by atoms with Crippen LogP contribution >= 0.6 is 38.9 Å². The van der Waals surface area contributed by atoms with Gasteiger partial charge in [0.25, 0.3) is 0 Å². The van der Waals surface area contributed by atoms with Gasteiger partial charge in [0, 0.05) is 10.9 Å². The normalized spacial score (nSPS) is 12.7. The van der Waals surface area contributed by atoms with Crippen molar-refractivity contribution in [2.75, 3.05) is 0 Å². The molecule has 0 radical (unpaired) electrons. The molecule has 1 atom stereocenters. The minimum absolute atomic E-state index is 0.0174. The molecular weight excluding hydrogens is 370 g/mol. The number of rotatable bonds is 4. The van der Waals surface area contributed by atoms with Crippen LogP contribution in [0.2, 0.25) is 5.02 Å². The molecule has 0 aliphatic carbocycles. The number of nitrogens with one attached hydrogen (secondary N) is 1. The average Bonchev–Trinajstić information content (AvgIpc) is 2.90. The van der Waals surface area contributed by atoms with Crippen molar-refractivity contribution in [1.82, 2.24) is 10.4 Å². The summed E-state index contributed by atoms with van der Waals surface area (Å²) in [6.07, 6.45) is 0.730. The molecule has 0 aliphatic heterocycles. The van der Waals surface area contributed by atoms with Gasteiger partial charge in [0.05, 0.1) is 26.3 Å². The minimum atomic E-state index is -0.0174. The van der Waals surface area contributed by atoms with Crippen LogP contribution in [-0.4, -0.2) is 4.98 Å². The maximum Gasteiger partial charge on any atom is 0.0958 e. The van der Waals surface area contributed by atoms with Crippen LogP contribution in [0.5, 0.6) is 0 Å². The van der Waals surface area contributed by atoms with Gasteiger partial charge in [-0.3, -0.25) is 11.3 Å². The Bertz CT molecular complexity index is 741. The first-order chi connectivity index (χ1) is 10.2. The number of hydrogen-bond donors (Lipinski definition) is 2. The van der Waals surface area contributed by atoms with Crippen molar-refractivity contribution in [2.45, 2.75) is 12.5 Å². The lowest BCUT2D eigenvalue weighted by molar-refractivity contribution is 0.551. The van der Waals surface area contributed by atoms with E-state index in [2.05, 4.69) is 32.4 Å². The summed E-state index contributed by atoms with van der Waals surface area (Å²) in [6.45, 7) is 0. The zero-order chi connectivity index (χ0) is 14.8. The Morgan fingerprint density at radius 2 is 2.10 bits per heavy atom. The van der Waals surface area contributed by atoms with Crippen LogP contribution in [-0.2, 0) is 6.42 Å². The van der Waals surface area contributed by atoms with Crippen molar-refractivity contribution >= 4 is 49.1 Å². The lowest BCUT2D eigenvalue weighted by Crippen LogP contribution is -2.29. The number of thiazole rings is 1. The van der Waals surface area contributed by atoms with Crippen LogP contribution in [0.1, 0.15) is 16.6 Å². The van der Waals surface area contributed by atoms with E-state index in [1.54, 1.807) is 11.3 Å². The maximum absolute atomic E-state index is 6.15. The highest BCUT2D eigenvalue weighted by atomic mass is 79.9. The standard InChI is InChI=1S/C15H13BrClN3S/c16-10-6-5-9(7-11(10)17)13(20-18)8-15-19-12-3-1-2-4-14(12)21-15/h1-7,13,20H,8,18H2. The molecule has 1 unspecified atom stereocenters. The van der Waals surface area contributed by atoms with Crippen molar-refractivity contribution in [3.63, 3.8) is 0 Å². The van der Waals surface area contributed by atoms with Gasteiger partial charge in [0.2, 0.25) is 0 Å². The largest absolute Gasteiger partial charge is 0.271 e. The molecule has 0 spiro atoms. The number of nitrogens with zero attached hydrogens (tertiary/aromatic N) is 1. The SMILES string of the molecule is NNC(Cc1nc2ccccc2s1)c1ccc(Br)c(Cl)c1. The second-order valence-electron chi connectivity index (χ2n) is 4.67. The van der Waals surface area contributed by atoms with E-state index in [0.29, 0.717) is 5.02 Å². The molecule has 0 saturated heterocycles. The van der Waals surface area contributed by atoms with Crippen LogP contribution < -0.4 is 11.3 Å². The van der Waals surface area contributed by atoms with Gasteiger partial charge in [-0.2, -0.15) is 0 Å². The molecule has 21 heavy (non-hydrogen) atoms. The lowest BCUT2D eigenvalue weighted by Gasteiger charge is -2.15. The Labute approximate surface area is 140 Å². The fourth-order valence-corrected chi connectivity index (χ4v) is 3.63. The van der Waals surface area contributed by atoms with E-state index in [1.165, 1.54) is 4.70 Å². The molecule has 6 heteroatoms. The number of benzene rings is 2. The number of halogens is 2. The van der Waals surface area contributed by atoms with Gasteiger partial charge in [0.1, 0.15) is 0 Å². The molecule has 3 nitrogen and oxygen atoms in total. The second-order valence-corrected chi connectivity index (χ2v) is 7.05. The van der Waals surface area contributed by atoms with Gasteiger partial charge in [-0.15, -0.1) is 11.3 Å². The van der Waals surface area contributed by atoms with Crippen molar-refractivity contribution in [3.8, 4) is 0 Å². The van der Waals surface area contributed by atoms with Crippen LogP contribution in [0.3, 0.4) is 0 Å². The molecule has 2 aromatic carbocycles. The van der Waals surface area contributed by atoms with Crippen LogP contribution in [0.4, 0.5) is 0 Å². The first-order valence-electron chi connectivity index (χ1n) is 6.43. The number of aromatic nitrogens is 1. The van der Waals surface area contributed by atoms with Gasteiger partial charge >= 0.3 is 0 Å². The monoisotopic (exact) mass is 381 g/mol. The molecule has 3 aromatic rings. The Kier molecular flexibility index (Phi) is 4.57. The Morgan fingerprint density at radius 1 is 1.29 bits per heavy atom. The van der Waals surface area contributed by atoms with Crippen molar-refractivity contribution in [2.24, 2.45) is 5.84 Å². The molecule has 1 heterocycles. The first kappa shape index (κ1) is 14.9. The summed E-state index contributed by atoms with van der Waals surface area (Å²) >= 11 is 11.2. The number of fused-ring (bicyclic) bond motifs is 1. The Morgan fingerprint density at radius 3 is 2.81 bits per heavy atom. The number of hydrogen-bond acceptors (Lipinski definition) is 4. The average molecular weight is 383 g/mol. The summed E-state index contributed by atoms with van der Waals surface area (Å²) in [7, 11) is 0. The smallest absolute Gasteiger partial charge is 0.0958 e. The highest BCUT2D eigenvalue weighted by molar-refractivity contribution is 9.10. The van der Waals surface area contributed by atoms with Crippen LogP contribution in [0.15, 0.2) is 46.9 Å². The highest BCUT2D eigenvalue weighted by Gasteiger charge is 2.14. The minimum Gasteiger partial charge on any atom is -0.271 e. The van der Waals surface area contributed by atoms with Gasteiger partial charge < -0.3 is 0 Å². The van der Waals surface area contributed by atoms with E-state index in [4.69, 9.17) is 17.4 Å². The maximum atomic E-state index is 6.15. The molecule has 3 N–H and O–H groups in total. The number of hydrazine groups is 1. The molecule has 0 saturated carbocycles. The predicted octanol–water partition coefficient (Wildman–Crippen LogP) is 4.46. The van der Waals surface area contributed by atoms with Crippen LogP contribution in [0, 0.1) is 0 Å². The van der Waals surface area contributed by atoms with E-state index in [9.17, 15) is 0 Å². The van der Waals surface area contributed by atoms with Crippen molar-refractivity contribution in [1.29, 1.82) is 0 Å². The van der Waals surface area contributed by atoms with Crippen LogP contribution in [0.25, 0.3) is 10.2 Å². The third-order valence-corrected chi connectivity index (χ3v) is 5.56. The summed E-state index contributed by atoms with van der Waals surface area (Å²) in [6, 6.07) is 14.0. The zero-order valence-electron chi connectivity index (χ0n) is 11.0. The lowest BCUT2D eigenvalue weighted by atomic mass is 10.1. The van der Waals surface area contributed by atoms with Crippen molar-refractivity contribution < 1.29 is 0 Å². The molecule has 0 aliphatic rings. The van der Waals surface area contributed by atoms with E-state index in [1.807, 2.05) is 36.4 Å². The molecule has 108 valence electrons. The van der Waals surface area contributed by atoms with Gasteiger partial charge in [-0.25, -0.2) is 4.98 Å². The van der Waals surface area contributed by atoms with E-state index in [-0.39, 0.29) is 6.04 Å². The topological polar surface area (TPSA) is 50.9 Å². The molecule has 0 amide bonds. The fraction of sp³-hybridized carbons (Fsp3) is 0.133. The molecular formula is C15H13BrClN3S. The molecule has 3 rings (SSSR count). The third-order valence-electron chi connectivity index (χ3n) is 3.26. The van der Waals surface area contributed by atoms with E-state index >= 15 is 0 Å². The quantitative estimate of drug-likeness (QED) is 0.517. The summed E-state index contributed by atoms with van der Waals surface area (Å²) < 4.78 is 2.07. The highest BCUT2D eigenvalue weighted by Crippen LogP contribution is 2.29. The second kappa shape index (κ2) is 6.42. The van der Waals surface area contributed by atoms with Gasteiger partial charge in [0.15, 0.2) is 0 Å². The molecule has 0 bridgehead atoms. The van der Waals surface area contributed by atoms with Gasteiger partial charge in [-0.05, 0) is 45.8 Å². The summed E-state index contributed by atoms with van der Waals surface area (Å²) in [5.41, 5.74) is 4.93. The zero-order valence-corrected chi connectivity index (χ0v) is 14.2. The Balaban J connectivity index is 1.88.